The summed E-state index contributed by atoms with van der Waals surface area (Å²) in [5.41, 5.74) is 8.96. The van der Waals surface area contributed by atoms with Gasteiger partial charge in [-0.3, -0.25) is 9.78 Å². The number of fused-ring (bicyclic) bond motifs is 2. The molecule has 0 bridgehead atoms. The molecule has 5 rings (SSSR count). The third-order valence-electron chi connectivity index (χ3n) is 6.10. The fourth-order valence-corrected chi connectivity index (χ4v) is 5.74. The second-order valence-corrected chi connectivity index (χ2v) is 10.6. The van der Waals surface area contributed by atoms with Crippen LogP contribution in [0.5, 0.6) is 0 Å². The average molecular weight is 581 g/mol. The molecule has 1 aliphatic carbocycles. The molecule has 0 amide bonds. The van der Waals surface area contributed by atoms with Crippen LogP contribution in [0.15, 0.2) is 57.9 Å². The van der Waals surface area contributed by atoms with Crippen molar-refractivity contribution in [2.45, 2.75) is 18.7 Å². The fraction of sp³-hybridized carbons (Fsp3) is 0.115. The lowest BCUT2D eigenvalue weighted by molar-refractivity contribution is 0.0525. The maximum Gasteiger partial charge on any atom is 0.340 e. The number of halogens is 1. The topological polar surface area (TPSA) is 152 Å². The smallest absolute Gasteiger partial charge is 0.340 e. The number of nitrogens with one attached hydrogen (secondary N) is 1. The van der Waals surface area contributed by atoms with Crippen molar-refractivity contribution < 1.29 is 27.3 Å². The molecule has 1 aliphatic rings. The van der Waals surface area contributed by atoms with Gasteiger partial charge in [0.2, 0.25) is 0 Å². The van der Waals surface area contributed by atoms with Gasteiger partial charge in [0.25, 0.3) is 0 Å². The van der Waals surface area contributed by atoms with Crippen molar-refractivity contribution in [2.75, 3.05) is 17.7 Å². The number of rotatable bonds is 5. The average Bonchev–Trinajstić information content (AvgIpc) is 2.84. The van der Waals surface area contributed by atoms with E-state index in [1.807, 2.05) is 0 Å². The van der Waals surface area contributed by atoms with Crippen LogP contribution in [0.1, 0.15) is 38.9 Å². The molecule has 0 fully saturated rings. The van der Waals surface area contributed by atoms with Crippen molar-refractivity contribution >= 4 is 65.8 Å². The van der Waals surface area contributed by atoms with Crippen molar-refractivity contribution in [2.24, 2.45) is 0 Å². The molecule has 9 nitrogen and oxygen atoms in total. The molecule has 0 radical (unpaired) electrons. The number of aryl methyl sites for hydroxylation is 1. The number of nitrogens with zero attached hydrogens (tertiary/aromatic N) is 1. The number of nitrogens with two attached hydrogens (primary N) is 1. The fourth-order valence-electron chi connectivity index (χ4n) is 4.60. The maximum atomic E-state index is 13.8. The van der Waals surface area contributed by atoms with Gasteiger partial charge in [0, 0.05) is 32.4 Å². The summed E-state index contributed by atoms with van der Waals surface area (Å²) in [6.45, 7) is 3.58. The molecule has 0 aliphatic heterocycles. The van der Waals surface area contributed by atoms with E-state index in [2.05, 4.69) is 26.2 Å². The van der Waals surface area contributed by atoms with E-state index >= 15 is 0 Å². The van der Waals surface area contributed by atoms with Crippen molar-refractivity contribution in [1.82, 2.24) is 4.98 Å². The summed E-state index contributed by atoms with van der Waals surface area (Å²) in [4.78, 5) is 30.9. The highest BCUT2D eigenvalue weighted by Crippen LogP contribution is 2.47. The number of aromatic nitrogens is 1. The monoisotopic (exact) mass is 580 g/mol. The first-order valence-electron chi connectivity index (χ1n) is 11.1. The Morgan fingerprint density at radius 3 is 2.51 bits per heavy atom. The lowest BCUT2D eigenvalue weighted by Crippen LogP contribution is -2.18. The van der Waals surface area contributed by atoms with Gasteiger partial charge in [0.1, 0.15) is 10.1 Å². The molecule has 11 heteroatoms. The molecule has 188 valence electrons. The first-order valence-corrected chi connectivity index (χ1v) is 13.3. The molecule has 0 atom stereocenters. The van der Waals surface area contributed by atoms with Gasteiger partial charge in [-0.25, -0.2) is 13.2 Å². The van der Waals surface area contributed by atoms with Crippen LogP contribution >= 0.6 is 15.9 Å². The summed E-state index contributed by atoms with van der Waals surface area (Å²) in [5.74, 6) is -0.867. The predicted molar refractivity (Wildman–Crippen MR) is 141 cm³/mol. The van der Waals surface area contributed by atoms with E-state index in [1.165, 1.54) is 12.1 Å². The first kappa shape index (κ1) is 24.9. The van der Waals surface area contributed by atoms with Gasteiger partial charge in [-0.15, -0.1) is 0 Å². The number of benzene rings is 3. The summed E-state index contributed by atoms with van der Waals surface area (Å²) < 4.78 is 40.9. The van der Waals surface area contributed by atoms with E-state index in [0.29, 0.717) is 43.4 Å². The van der Waals surface area contributed by atoms with Gasteiger partial charge in [-0.2, -0.15) is 0 Å². The number of hydrogen-bond donors (Lipinski definition) is 2. The Balaban J connectivity index is 1.85. The standard InChI is InChI=1S/C26H20BrN3O6S/c1-3-36-26(32)20-12(2)29-24-16(27)11-18(30-13-8-9-17(28)19(10-13)37(33,34)35)22-23(24)21(20)14-6-4-5-7-15(14)25(22)31/h4-11,30H,3,28H2,1-2H3,(H,33,34,35)/p-1. The zero-order valence-electron chi connectivity index (χ0n) is 19.6. The third-order valence-corrected chi connectivity index (χ3v) is 7.60. The van der Waals surface area contributed by atoms with Gasteiger partial charge in [-0.05, 0) is 59.6 Å². The Labute approximate surface area is 220 Å². The normalized spacial score (nSPS) is 12.4. The molecule has 0 unspecified atom stereocenters. The molecule has 1 heterocycles. The molecule has 3 N–H and O–H groups in total. The van der Waals surface area contributed by atoms with Crippen molar-refractivity contribution in [3.05, 3.63) is 75.4 Å². The summed E-state index contributed by atoms with van der Waals surface area (Å²) >= 11 is 3.53. The van der Waals surface area contributed by atoms with E-state index < -0.39 is 21.0 Å². The number of nitrogen functional groups attached to an aromatic ring is 1. The lowest BCUT2D eigenvalue weighted by Gasteiger charge is -2.25. The van der Waals surface area contributed by atoms with Crippen molar-refractivity contribution in [3.63, 3.8) is 0 Å². The minimum absolute atomic E-state index is 0.163. The molecule has 0 saturated carbocycles. The predicted octanol–water partition coefficient (Wildman–Crippen LogP) is 4.92. The Kier molecular flexibility index (Phi) is 6.01. The highest BCUT2D eigenvalue weighted by molar-refractivity contribution is 9.10. The van der Waals surface area contributed by atoms with Gasteiger partial charge in [-0.1, -0.05) is 24.3 Å². The van der Waals surface area contributed by atoms with Crippen molar-refractivity contribution in [3.8, 4) is 11.1 Å². The van der Waals surface area contributed by atoms with Gasteiger partial charge in [0.15, 0.2) is 5.78 Å². The minimum Gasteiger partial charge on any atom is -0.744 e. The Hall–Kier alpha value is -3.80. The van der Waals surface area contributed by atoms with Crippen LogP contribution in [0.25, 0.3) is 22.0 Å². The van der Waals surface area contributed by atoms with Crippen LogP contribution in [0.2, 0.25) is 0 Å². The number of ketones is 1. The molecule has 4 aromatic rings. The largest absolute Gasteiger partial charge is 0.744 e. The van der Waals surface area contributed by atoms with Gasteiger partial charge < -0.3 is 20.3 Å². The van der Waals surface area contributed by atoms with Crippen LogP contribution in [-0.2, 0) is 14.9 Å². The van der Waals surface area contributed by atoms with Gasteiger partial charge >= 0.3 is 5.97 Å². The quantitative estimate of drug-likeness (QED) is 0.167. The SMILES string of the molecule is CCOC(=O)c1c(C)nc2c(Br)cc(Nc3ccc(N)c(S(=O)(=O)[O-])c3)c3c2c1-c1ccccc1C3=O. The molecule has 3 aromatic carbocycles. The number of anilines is 3. The summed E-state index contributed by atoms with van der Waals surface area (Å²) in [6, 6.07) is 12.5. The van der Waals surface area contributed by atoms with Crippen LogP contribution in [-0.4, -0.2) is 36.3 Å². The first-order chi connectivity index (χ1) is 17.5. The molecular weight excluding hydrogens is 562 g/mol. The second-order valence-electron chi connectivity index (χ2n) is 8.38. The Bertz CT molecular complexity index is 1770. The Morgan fingerprint density at radius 1 is 1.14 bits per heavy atom. The van der Waals surface area contributed by atoms with E-state index in [0.717, 1.165) is 6.07 Å². The molecule has 0 spiro atoms. The number of carbonyl (C=O) groups is 2. The van der Waals surface area contributed by atoms with Crippen LogP contribution in [0.3, 0.4) is 0 Å². The highest BCUT2D eigenvalue weighted by Gasteiger charge is 2.34. The Morgan fingerprint density at radius 2 is 1.84 bits per heavy atom. The van der Waals surface area contributed by atoms with Crippen LogP contribution < -0.4 is 11.1 Å². The molecular formula is C26H19BrN3O6S-. The highest BCUT2D eigenvalue weighted by atomic mass is 79.9. The number of hydrogen-bond acceptors (Lipinski definition) is 9. The maximum absolute atomic E-state index is 13.8. The third kappa shape index (κ3) is 4.05. The molecule has 0 saturated heterocycles. The number of ether oxygens (including phenoxy) is 1. The van der Waals surface area contributed by atoms with Crippen LogP contribution in [0, 0.1) is 6.92 Å². The van der Waals surface area contributed by atoms with E-state index in [9.17, 15) is 22.6 Å². The second kappa shape index (κ2) is 8.94. The zero-order valence-corrected chi connectivity index (χ0v) is 22.0. The van der Waals surface area contributed by atoms with Gasteiger partial charge in [0.05, 0.1) is 39.5 Å². The van der Waals surface area contributed by atoms with Crippen LogP contribution in [0.4, 0.5) is 17.1 Å². The minimum atomic E-state index is -4.83. The summed E-state index contributed by atoms with van der Waals surface area (Å²) in [6.07, 6.45) is 0. The zero-order chi connectivity index (χ0) is 26.6. The van der Waals surface area contributed by atoms with E-state index in [-0.39, 0.29) is 34.9 Å². The lowest BCUT2D eigenvalue weighted by atomic mass is 9.80. The van der Waals surface area contributed by atoms with E-state index in [1.54, 1.807) is 44.2 Å². The van der Waals surface area contributed by atoms with E-state index in [4.69, 9.17) is 10.5 Å². The summed E-state index contributed by atoms with van der Waals surface area (Å²) in [7, 11) is -4.83. The number of pyridine rings is 1. The summed E-state index contributed by atoms with van der Waals surface area (Å²) in [5, 5.41) is 3.50. The molecule has 1 aromatic heterocycles. The number of carbonyl (C=O) groups excluding carboxylic acids is 2. The number of esters is 1. The van der Waals surface area contributed by atoms with Crippen molar-refractivity contribution in [1.29, 1.82) is 0 Å². The molecule has 37 heavy (non-hydrogen) atoms.